The number of benzene rings is 1. The Morgan fingerprint density at radius 1 is 0.979 bits per heavy atom. The number of carbonyl (C=O) groups excluding carboxylic acids is 1. The van der Waals surface area contributed by atoms with Crippen LogP contribution in [0.25, 0.3) is 22.4 Å². The number of aryl methyl sites for hydroxylation is 1. The first-order valence-corrected chi connectivity index (χ1v) is 17.3. The fourth-order valence-corrected chi connectivity index (χ4v) is 6.34. The summed E-state index contributed by atoms with van der Waals surface area (Å²) in [6.45, 7) is 0.391. The van der Waals surface area contributed by atoms with Crippen LogP contribution >= 0.6 is 0 Å². The maximum atomic E-state index is 13.7. The SMILES string of the molecule is Cn1cc(-c2ccc(N(C(=O)NCc3ccccc3)[C@H]3CC[C@H](Nc4ncc(C#N)c(-c5cncc(S(C)(=O)=O)c5)n4)CC3)nc2)cn1. The van der Waals surface area contributed by atoms with Gasteiger partial charge in [0.1, 0.15) is 11.9 Å². The van der Waals surface area contributed by atoms with Crippen molar-refractivity contribution in [1.82, 2.24) is 35.0 Å². The summed E-state index contributed by atoms with van der Waals surface area (Å²) in [5.74, 6) is 0.886. The van der Waals surface area contributed by atoms with Crippen molar-refractivity contribution >= 4 is 27.6 Å². The normalized spacial score (nSPS) is 16.1. The van der Waals surface area contributed by atoms with Crippen molar-refractivity contribution in [1.29, 1.82) is 5.26 Å². The Morgan fingerprint density at radius 2 is 1.77 bits per heavy atom. The minimum absolute atomic E-state index is 0.0117. The molecule has 1 aromatic carbocycles. The average molecular weight is 663 g/mol. The number of nitrogens with one attached hydrogen (secondary N) is 2. The average Bonchev–Trinajstić information content (AvgIpc) is 3.54. The van der Waals surface area contributed by atoms with E-state index in [1.54, 1.807) is 22.0 Å². The van der Waals surface area contributed by atoms with Gasteiger partial charge in [-0.25, -0.2) is 28.2 Å². The van der Waals surface area contributed by atoms with Gasteiger partial charge in [0, 0.05) is 73.4 Å². The predicted octanol–water partition coefficient (Wildman–Crippen LogP) is 4.75. The number of pyridine rings is 2. The van der Waals surface area contributed by atoms with Crippen LogP contribution in [-0.4, -0.2) is 62.5 Å². The van der Waals surface area contributed by atoms with Crippen LogP contribution in [0.3, 0.4) is 0 Å². The molecule has 1 fully saturated rings. The smallest absolute Gasteiger partial charge is 0.323 e. The first kappa shape index (κ1) is 32.3. The molecule has 14 heteroatoms. The second-order valence-corrected chi connectivity index (χ2v) is 13.7. The van der Waals surface area contributed by atoms with Gasteiger partial charge in [-0.3, -0.25) is 14.6 Å². The third kappa shape index (κ3) is 7.48. The molecular formula is C34H34N10O3S. The number of anilines is 2. The molecule has 244 valence electrons. The summed E-state index contributed by atoms with van der Waals surface area (Å²) >= 11 is 0. The van der Waals surface area contributed by atoms with E-state index in [4.69, 9.17) is 4.98 Å². The van der Waals surface area contributed by atoms with Gasteiger partial charge in [-0.05, 0) is 49.4 Å². The van der Waals surface area contributed by atoms with Crippen molar-refractivity contribution in [2.45, 2.75) is 49.2 Å². The zero-order valence-corrected chi connectivity index (χ0v) is 27.3. The molecule has 0 radical (unpaired) electrons. The highest BCUT2D eigenvalue weighted by molar-refractivity contribution is 7.90. The largest absolute Gasteiger partial charge is 0.351 e. The van der Waals surface area contributed by atoms with E-state index >= 15 is 0 Å². The second-order valence-electron chi connectivity index (χ2n) is 11.7. The van der Waals surface area contributed by atoms with Gasteiger partial charge in [-0.15, -0.1) is 0 Å². The summed E-state index contributed by atoms with van der Waals surface area (Å²) in [5.41, 5.74) is 3.75. The molecule has 2 amide bonds. The maximum absolute atomic E-state index is 13.7. The first-order valence-electron chi connectivity index (χ1n) is 15.4. The molecular weight excluding hydrogens is 629 g/mol. The van der Waals surface area contributed by atoms with Gasteiger partial charge in [0.15, 0.2) is 9.84 Å². The number of aromatic nitrogens is 6. The Labute approximate surface area is 278 Å². The van der Waals surface area contributed by atoms with Crippen molar-refractivity contribution in [2.75, 3.05) is 16.5 Å². The topological polar surface area (TPSA) is 172 Å². The molecule has 0 spiro atoms. The molecule has 1 saturated carbocycles. The van der Waals surface area contributed by atoms with Gasteiger partial charge in [0.25, 0.3) is 0 Å². The van der Waals surface area contributed by atoms with Gasteiger partial charge < -0.3 is 10.6 Å². The van der Waals surface area contributed by atoms with Gasteiger partial charge in [0.2, 0.25) is 5.95 Å². The lowest BCUT2D eigenvalue weighted by Crippen LogP contribution is -2.49. The fraction of sp³-hybridized carbons (Fsp3) is 0.265. The van der Waals surface area contributed by atoms with E-state index < -0.39 is 9.84 Å². The number of nitrogens with zero attached hydrogens (tertiary/aromatic N) is 8. The summed E-state index contributed by atoms with van der Waals surface area (Å²) in [5, 5.41) is 20.4. The predicted molar refractivity (Wildman–Crippen MR) is 180 cm³/mol. The minimum atomic E-state index is -3.50. The number of carbonyl (C=O) groups is 1. The molecule has 0 saturated heterocycles. The Bertz CT molecular complexity index is 2050. The molecule has 1 aliphatic carbocycles. The molecule has 4 aromatic heterocycles. The summed E-state index contributed by atoms with van der Waals surface area (Å²) < 4.78 is 25.9. The van der Waals surface area contributed by atoms with Gasteiger partial charge in [-0.2, -0.15) is 10.4 Å². The van der Waals surface area contributed by atoms with E-state index in [-0.39, 0.29) is 28.6 Å². The number of amides is 2. The van der Waals surface area contributed by atoms with Crippen LogP contribution in [0.2, 0.25) is 0 Å². The fourth-order valence-electron chi connectivity index (χ4n) is 5.75. The molecule has 4 heterocycles. The van der Waals surface area contributed by atoms with Crippen molar-refractivity contribution < 1.29 is 13.2 Å². The number of nitriles is 1. The molecule has 0 bridgehead atoms. The molecule has 0 atom stereocenters. The maximum Gasteiger partial charge on any atom is 0.323 e. The van der Waals surface area contributed by atoms with Crippen LogP contribution in [0.5, 0.6) is 0 Å². The lowest BCUT2D eigenvalue weighted by atomic mass is 9.90. The van der Waals surface area contributed by atoms with Gasteiger partial charge in [0.05, 0.1) is 28.5 Å². The summed E-state index contributed by atoms with van der Waals surface area (Å²) in [6.07, 6.45) is 13.6. The van der Waals surface area contributed by atoms with E-state index in [9.17, 15) is 18.5 Å². The molecule has 0 aliphatic heterocycles. The van der Waals surface area contributed by atoms with Crippen LogP contribution < -0.4 is 15.5 Å². The van der Waals surface area contributed by atoms with Gasteiger partial charge >= 0.3 is 6.03 Å². The molecule has 48 heavy (non-hydrogen) atoms. The molecule has 5 aromatic rings. The van der Waals surface area contributed by atoms with Crippen molar-refractivity contribution in [2.24, 2.45) is 7.05 Å². The number of urea groups is 1. The summed E-state index contributed by atoms with van der Waals surface area (Å²) in [7, 11) is -1.64. The van der Waals surface area contributed by atoms with Crippen LogP contribution in [0.15, 0.2) is 90.6 Å². The zero-order chi connectivity index (χ0) is 33.7. The van der Waals surface area contributed by atoms with E-state index in [1.165, 1.54) is 24.7 Å². The molecule has 6 rings (SSSR count). The quantitative estimate of drug-likeness (QED) is 0.224. The van der Waals surface area contributed by atoms with Gasteiger partial charge in [-0.1, -0.05) is 30.3 Å². The Kier molecular flexibility index (Phi) is 9.40. The van der Waals surface area contributed by atoms with E-state index in [0.717, 1.165) is 35.8 Å². The number of hydrogen-bond acceptors (Lipinski definition) is 10. The second kappa shape index (κ2) is 14.0. The number of rotatable bonds is 9. The zero-order valence-electron chi connectivity index (χ0n) is 26.5. The lowest BCUT2D eigenvalue weighted by molar-refractivity contribution is 0.240. The summed E-state index contributed by atoms with van der Waals surface area (Å²) in [6, 6.07) is 16.8. The van der Waals surface area contributed by atoms with Crippen LogP contribution in [0.1, 0.15) is 36.8 Å². The van der Waals surface area contributed by atoms with Crippen LogP contribution in [0.4, 0.5) is 16.6 Å². The molecule has 1 aliphatic rings. The Balaban J connectivity index is 1.18. The third-order valence-corrected chi connectivity index (χ3v) is 9.34. The first-order chi connectivity index (χ1) is 23.2. The van der Waals surface area contributed by atoms with E-state index in [0.29, 0.717) is 42.4 Å². The highest BCUT2D eigenvalue weighted by atomic mass is 32.2. The monoisotopic (exact) mass is 662 g/mol. The summed E-state index contributed by atoms with van der Waals surface area (Å²) in [4.78, 5) is 33.2. The van der Waals surface area contributed by atoms with Crippen molar-refractivity contribution in [3.05, 3.63) is 96.8 Å². The van der Waals surface area contributed by atoms with E-state index in [2.05, 4.69) is 36.8 Å². The Hall–Kier alpha value is -5.68. The molecule has 13 nitrogen and oxygen atoms in total. The van der Waals surface area contributed by atoms with Crippen molar-refractivity contribution in [3.8, 4) is 28.5 Å². The highest BCUT2D eigenvalue weighted by Gasteiger charge is 2.31. The molecule has 2 N–H and O–H groups in total. The molecule has 0 unspecified atom stereocenters. The lowest BCUT2D eigenvalue weighted by Gasteiger charge is -2.36. The highest BCUT2D eigenvalue weighted by Crippen LogP contribution is 2.30. The van der Waals surface area contributed by atoms with Crippen LogP contribution in [-0.2, 0) is 23.4 Å². The third-order valence-electron chi connectivity index (χ3n) is 8.26. The number of sulfone groups is 1. The van der Waals surface area contributed by atoms with E-state index in [1.807, 2.05) is 55.7 Å². The standard InChI is InChI=1S/C34H34N10O3S/c1-43-22-27(20-40-43)24-8-13-31(37-18-24)44(34(45)39-16-23-6-4-3-5-7-23)29-11-9-28(10-12-29)41-33-38-19-26(15-35)32(42-33)25-14-30(21-36-17-25)48(2,46)47/h3-8,13-14,17-22,28-29H,9-12,16H2,1-2H3,(H,39,45)(H,38,41,42)/t28-,29-. The van der Waals surface area contributed by atoms with Crippen LogP contribution in [0, 0.1) is 11.3 Å². The number of hydrogen-bond donors (Lipinski definition) is 2. The van der Waals surface area contributed by atoms with Crippen molar-refractivity contribution in [3.63, 3.8) is 0 Å². The Morgan fingerprint density at radius 3 is 2.44 bits per heavy atom. The minimum Gasteiger partial charge on any atom is -0.351 e.